The molecule has 5 nitrogen and oxygen atoms in total. The number of hydrogen-bond acceptors (Lipinski definition) is 5. The number of imide groups is 1. The summed E-state index contributed by atoms with van der Waals surface area (Å²) in [5.74, 6) is -0.210. The molecule has 0 aromatic heterocycles. The van der Waals surface area contributed by atoms with E-state index >= 15 is 0 Å². The zero-order chi connectivity index (χ0) is 17.8. The zero-order valence-electron chi connectivity index (χ0n) is 13.6. The highest BCUT2D eigenvalue weighted by Gasteiger charge is 2.41. The number of benzene rings is 1. The van der Waals surface area contributed by atoms with Crippen molar-refractivity contribution in [3.05, 3.63) is 30.1 Å². The van der Waals surface area contributed by atoms with Crippen molar-refractivity contribution in [2.75, 3.05) is 11.5 Å². The highest BCUT2D eigenvalue weighted by atomic mass is 32.2. The molecule has 2 aliphatic rings. The van der Waals surface area contributed by atoms with Crippen LogP contribution in [0.3, 0.4) is 0 Å². The number of thioether (sulfide) groups is 2. The minimum atomic E-state index is -0.309. The van der Waals surface area contributed by atoms with Gasteiger partial charge in [-0.05, 0) is 37.1 Å². The molecule has 1 heterocycles. The SMILES string of the molecule is O=C(CSc1ccc(F)cc1)N[C@H]1CCCC[C@H]1N1C(=O)CSC1=O. The Balaban J connectivity index is 1.57. The summed E-state index contributed by atoms with van der Waals surface area (Å²) in [7, 11) is 0. The third kappa shape index (κ3) is 4.55. The molecule has 2 fully saturated rings. The summed E-state index contributed by atoms with van der Waals surface area (Å²) in [5.41, 5.74) is 0. The van der Waals surface area contributed by atoms with E-state index in [0.717, 1.165) is 42.3 Å². The van der Waals surface area contributed by atoms with Crippen LogP contribution in [0.1, 0.15) is 25.7 Å². The van der Waals surface area contributed by atoms with Crippen molar-refractivity contribution in [3.63, 3.8) is 0 Å². The van der Waals surface area contributed by atoms with E-state index < -0.39 is 0 Å². The van der Waals surface area contributed by atoms with Crippen LogP contribution in [0.5, 0.6) is 0 Å². The molecule has 0 bridgehead atoms. The second-order valence-corrected chi connectivity index (χ2v) is 8.06. The molecule has 134 valence electrons. The molecule has 1 saturated carbocycles. The molecule has 1 aromatic carbocycles. The first-order valence-corrected chi connectivity index (χ1v) is 10.2. The average molecular weight is 382 g/mol. The lowest BCUT2D eigenvalue weighted by molar-refractivity contribution is -0.128. The zero-order valence-corrected chi connectivity index (χ0v) is 15.2. The largest absolute Gasteiger partial charge is 0.351 e. The topological polar surface area (TPSA) is 66.5 Å². The van der Waals surface area contributed by atoms with Gasteiger partial charge in [0, 0.05) is 10.9 Å². The van der Waals surface area contributed by atoms with Gasteiger partial charge in [0.1, 0.15) is 5.82 Å². The van der Waals surface area contributed by atoms with Gasteiger partial charge in [-0.15, -0.1) is 11.8 Å². The number of nitrogens with zero attached hydrogens (tertiary/aromatic N) is 1. The molecule has 0 unspecified atom stereocenters. The number of carbonyl (C=O) groups is 3. The van der Waals surface area contributed by atoms with Gasteiger partial charge in [0.25, 0.3) is 5.24 Å². The van der Waals surface area contributed by atoms with Crippen LogP contribution < -0.4 is 5.32 Å². The first kappa shape index (κ1) is 18.3. The molecule has 0 spiro atoms. The van der Waals surface area contributed by atoms with Crippen molar-refractivity contribution in [3.8, 4) is 0 Å². The summed E-state index contributed by atoms with van der Waals surface area (Å²) < 4.78 is 12.9. The van der Waals surface area contributed by atoms with E-state index in [1.165, 1.54) is 28.8 Å². The predicted octanol–water partition coefficient (Wildman–Crippen LogP) is 3.04. The molecule has 0 radical (unpaired) electrons. The van der Waals surface area contributed by atoms with Crippen molar-refractivity contribution >= 4 is 40.6 Å². The van der Waals surface area contributed by atoms with Crippen LogP contribution in [0.15, 0.2) is 29.2 Å². The van der Waals surface area contributed by atoms with Gasteiger partial charge in [0.05, 0.1) is 17.5 Å². The van der Waals surface area contributed by atoms with Crippen molar-refractivity contribution in [1.82, 2.24) is 10.2 Å². The third-order valence-corrected chi connectivity index (χ3v) is 6.22. The van der Waals surface area contributed by atoms with Crippen LogP contribution in [-0.2, 0) is 9.59 Å². The Hall–Kier alpha value is -1.54. The molecule has 1 aliphatic heterocycles. The highest BCUT2D eigenvalue weighted by Crippen LogP contribution is 2.30. The molecule has 1 saturated heterocycles. The second-order valence-electron chi connectivity index (χ2n) is 6.09. The normalized spacial score (nSPS) is 23.8. The lowest BCUT2D eigenvalue weighted by atomic mass is 9.89. The van der Waals surface area contributed by atoms with Gasteiger partial charge in [-0.25, -0.2) is 4.39 Å². The maximum Gasteiger partial charge on any atom is 0.289 e. The molecule has 25 heavy (non-hydrogen) atoms. The van der Waals surface area contributed by atoms with Gasteiger partial charge < -0.3 is 5.32 Å². The van der Waals surface area contributed by atoms with Crippen LogP contribution in [0, 0.1) is 5.82 Å². The van der Waals surface area contributed by atoms with Gasteiger partial charge in [-0.2, -0.15) is 0 Å². The molecule has 3 amide bonds. The van der Waals surface area contributed by atoms with Crippen LogP contribution in [0.2, 0.25) is 0 Å². The van der Waals surface area contributed by atoms with Gasteiger partial charge in [0.15, 0.2) is 0 Å². The van der Waals surface area contributed by atoms with Gasteiger partial charge in [0.2, 0.25) is 11.8 Å². The molecule has 8 heteroatoms. The number of hydrogen-bond donors (Lipinski definition) is 1. The Kier molecular flexibility index (Phi) is 6.01. The van der Waals surface area contributed by atoms with Crippen LogP contribution >= 0.6 is 23.5 Å². The van der Waals surface area contributed by atoms with Crippen molar-refractivity contribution in [2.24, 2.45) is 0 Å². The van der Waals surface area contributed by atoms with E-state index in [4.69, 9.17) is 0 Å². The number of halogens is 1. The van der Waals surface area contributed by atoms with E-state index in [1.807, 2.05) is 0 Å². The Bertz CT molecular complexity index is 652. The Morgan fingerprint density at radius 1 is 1.24 bits per heavy atom. The standard InChI is InChI=1S/C17H19FN2O3S2/c18-11-5-7-12(8-6-11)24-9-15(21)19-13-3-1-2-4-14(13)20-16(22)10-25-17(20)23/h5-8,13-14H,1-4,9-10H2,(H,19,21)/t13-,14+/m0/s1. The molecular weight excluding hydrogens is 363 g/mol. The van der Waals surface area contributed by atoms with E-state index in [9.17, 15) is 18.8 Å². The first-order valence-electron chi connectivity index (χ1n) is 8.21. The van der Waals surface area contributed by atoms with Gasteiger partial charge in [-0.1, -0.05) is 24.6 Å². The summed E-state index contributed by atoms with van der Waals surface area (Å²) in [6.45, 7) is 0. The molecule has 1 aromatic rings. The van der Waals surface area contributed by atoms with Gasteiger partial charge in [-0.3, -0.25) is 19.3 Å². The average Bonchev–Trinajstić information content (AvgIpc) is 2.94. The van der Waals surface area contributed by atoms with Crippen molar-refractivity contribution in [2.45, 2.75) is 42.7 Å². The smallest absolute Gasteiger partial charge is 0.289 e. The molecule has 1 N–H and O–H groups in total. The molecular formula is C17H19FN2O3S2. The van der Waals surface area contributed by atoms with E-state index in [1.54, 1.807) is 12.1 Å². The summed E-state index contributed by atoms with van der Waals surface area (Å²) in [4.78, 5) is 38.4. The van der Waals surface area contributed by atoms with Crippen LogP contribution in [0.4, 0.5) is 9.18 Å². The lowest BCUT2D eigenvalue weighted by Gasteiger charge is -2.36. The Morgan fingerprint density at radius 2 is 1.96 bits per heavy atom. The summed E-state index contributed by atoms with van der Waals surface area (Å²) in [6, 6.07) is 5.55. The van der Waals surface area contributed by atoms with Crippen LogP contribution in [-0.4, -0.2) is 45.5 Å². The predicted molar refractivity (Wildman–Crippen MR) is 96.0 cm³/mol. The summed E-state index contributed by atoms with van der Waals surface area (Å²) in [5, 5.41) is 2.77. The quantitative estimate of drug-likeness (QED) is 0.793. The maximum absolute atomic E-state index is 12.9. The second kappa shape index (κ2) is 8.23. The summed E-state index contributed by atoms with van der Waals surface area (Å²) in [6.07, 6.45) is 3.41. The molecule has 1 aliphatic carbocycles. The fourth-order valence-corrected chi connectivity index (χ4v) is 4.67. The van der Waals surface area contributed by atoms with Crippen molar-refractivity contribution in [1.29, 1.82) is 0 Å². The number of carbonyl (C=O) groups excluding carboxylic acids is 3. The lowest BCUT2D eigenvalue weighted by Crippen LogP contribution is -2.55. The highest BCUT2D eigenvalue weighted by molar-refractivity contribution is 8.14. The number of rotatable bonds is 5. The number of nitrogens with one attached hydrogen (secondary N) is 1. The van der Waals surface area contributed by atoms with E-state index in [-0.39, 0.29) is 46.5 Å². The van der Waals surface area contributed by atoms with E-state index in [2.05, 4.69) is 5.32 Å². The fraction of sp³-hybridized carbons (Fsp3) is 0.471. The number of amides is 3. The summed E-state index contributed by atoms with van der Waals surface area (Å²) >= 11 is 2.36. The first-order chi connectivity index (χ1) is 12.0. The minimum absolute atomic E-state index is 0.141. The van der Waals surface area contributed by atoms with Crippen LogP contribution in [0.25, 0.3) is 0 Å². The monoisotopic (exact) mass is 382 g/mol. The third-order valence-electron chi connectivity index (χ3n) is 4.38. The minimum Gasteiger partial charge on any atom is -0.351 e. The van der Waals surface area contributed by atoms with Crippen molar-refractivity contribution < 1.29 is 18.8 Å². The molecule has 2 atom stereocenters. The maximum atomic E-state index is 12.9. The van der Waals surface area contributed by atoms with E-state index in [0.29, 0.717) is 0 Å². The fourth-order valence-electron chi connectivity index (χ4n) is 3.20. The van der Waals surface area contributed by atoms with Gasteiger partial charge >= 0.3 is 0 Å². The Morgan fingerprint density at radius 3 is 2.64 bits per heavy atom. The Labute approximate surface area is 154 Å². The molecule has 3 rings (SSSR count).